The molecule has 1 aliphatic rings. The van der Waals surface area contributed by atoms with Gasteiger partial charge in [0, 0.05) is 18.2 Å². The third kappa shape index (κ3) is 3.52. The second-order valence-corrected chi connectivity index (χ2v) is 8.94. The van der Waals surface area contributed by atoms with Crippen molar-refractivity contribution in [1.29, 1.82) is 0 Å². The van der Waals surface area contributed by atoms with Crippen LogP contribution in [-0.4, -0.2) is 51.6 Å². The van der Waals surface area contributed by atoms with Crippen LogP contribution in [0.25, 0.3) is 16.9 Å². The molecular weight excluding hydrogens is 382 g/mol. The summed E-state index contributed by atoms with van der Waals surface area (Å²) in [7, 11) is -3.28. The highest BCUT2D eigenvalue weighted by molar-refractivity contribution is 7.90. The summed E-state index contributed by atoms with van der Waals surface area (Å²) in [5, 5.41) is 11.4. The smallest absolute Gasteiger partial charge is 0.225 e. The molecule has 1 fully saturated rings. The van der Waals surface area contributed by atoms with Crippen LogP contribution in [0.5, 0.6) is 0 Å². The summed E-state index contributed by atoms with van der Waals surface area (Å²) in [5.41, 5.74) is 7.02. The van der Waals surface area contributed by atoms with Crippen LogP contribution in [0, 0.1) is 5.92 Å². The molecule has 1 amide bonds. The van der Waals surface area contributed by atoms with Crippen LogP contribution in [0.3, 0.4) is 0 Å². The van der Waals surface area contributed by atoms with Gasteiger partial charge >= 0.3 is 0 Å². The molecule has 2 atom stereocenters. The van der Waals surface area contributed by atoms with Crippen LogP contribution >= 0.6 is 0 Å². The molecule has 0 bridgehead atoms. The lowest BCUT2D eigenvalue weighted by molar-refractivity contribution is -0.121. The number of nitrogens with one attached hydrogen (secondary N) is 1. The Hall–Kier alpha value is -3.08. The van der Waals surface area contributed by atoms with E-state index >= 15 is 0 Å². The number of nitrogens with zero attached hydrogens (tertiary/aromatic N) is 5. The first-order valence-corrected chi connectivity index (χ1v) is 10.7. The first kappa shape index (κ1) is 18.3. The second-order valence-electron chi connectivity index (χ2n) is 6.92. The van der Waals surface area contributed by atoms with Crippen molar-refractivity contribution in [3.05, 3.63) is 30.5 Å². The first-order valence-electron chi connectivity index (χ1n) is 8.76. The van der Waals surface area contributed by atoms with Crippen LogP contribution in [0.15, 0.2) is 35.4 Å². The highest BCUT2D eigenvalue weighted by atomic mass is 32.2. The summed E-state index contributed by atoms with van der Waals surface area (Å²) in [6, 6.07) is 6.40. The molecule has 0 saturated heterocycles. The average Bonchev–Trinajstić information content (AvgIpc) is 3.28. The standard InChI is InChI=1S/C17H19N7O3S/c1-28(26,27)13-6-4-12(5-7-13)24-16-14(22-23-24)9-19-17(21-16)20-11-3-2-10(8-11)15(18)25/h4-7,9-11H,2-3,8H2,1H3,(H2,18,25)(H,19,20,21)/t10-,11-/m1/s1. The van der Waals surface area contributed by atoms with Crippen molar-refractivity contribution in [1.82, 2.24) is 25.0 Å². The van der Waals surface area contributed by atoms with Gasteiger partial charge in [-0.25, -0.2) is 13.4 Å². The number of fused-ring (bicyclic) bond motifs is 1. The van der Waals surface area contributed by atoms with Crippen LogP contribution in [0.4, 0.5) is 5.95 Å². The largest absolute Gasteiger partial charge is 0.369 e. The number of sulfone groups is 1. The van der Waals surface area contributed by atoms with E-state index < -0.39 is 9.84 Å². The van der Waals surface area contributed by atoms with Gasteiger partial charge in [-0.3, -0.25) is 4.79 Å². The maximum Gasteiger partial charge on any atom is 0.225 e. The number of anilines is 1. The van der Waals surface area contributed by atoms with E-state index in [1.165, 1.54) is 16.8 Å². The highest BCUT2D eigenvalue weighted by Gasteiger charge is 2.28. The molecule has 0 unspecified atom stereocenters. The monoisotopic (exact) mass is 401 g/mol. The summed E-state index contributed by atoms with van der Waals surface area (Å²) in [5.74, 6) is 0.0150. The van der Waals surface area contributed by atoms with Gasteiger partial charge in [0.05, 0.1) is 16.8 Å². The fourth-order valence-electron chi connectivity index (χ4n) is 3.36. The van der Waals surface area contributed by atoms with Gasteiger partial charge in [-0.05, 0) is 43.5 Å². The minimum absolute atomic E-state index is 0.0772. The third-order valence-corrected chi connectivity index (χ3v) is 6.00. The molecule has 1 aliphatic carbocycles. The number of carbonyl (C=O) groups is 1. The van der Waals surface area contributed by atoms with Gasteiger partial charge in [0.1, 0.15) is 0 Å². The molecule has 10 nitrogen and oxygen atoms in total. The number of rotatable bonds is 5. The summed E-state index contributed by atoms with van der Waals surface area (Å²) in [4.78, 5) is 20.3. The third-order valence-electron chi connectivity index (χ3n) is 4.87. The van der Waals surface area contributed by atoms with E-state index in [0.717, 1.165) is 19.1 Å². The van der Waals surface area contributed by atoms with Crippen molar-refractivity contribution in [3.8, 4) is 5.69 Å². The zero-order valence-electron chi connectivity index (χ0n) is 15.1. The van der Waals surface area contributed by atoms with Crippen molar-refractivity contribution in [2.75, 3.05) is 11.6 Å². The Kier molecular flexibility index (Phi) is 4.46. The normalized spacial score (nSPS) is 19.8. The predicted octanol–water partition coefficient (Wildman–Crippen LogP) is 0.680. The molecule has 4 rings (SSSR count). The first-order chi connectivity index (χ1) is 13.3. The van der Waals surface area contributed by atoms with Gasteiger partial charge in [0.2, 0.25) is 11.9 Å². The summed E-state index contributed by atoms with van der Waals surface area (Å²) >= 11 is 0. The Labute approximate surface area is 161 Å². The molecule has 2 aromatic heterocycles. The van der Waals surface area contributed by atoms with Gasteiger partial charge < -0.3 is 11.1 Å². The van der Waals surface area contributed by atoms with Gasteiger partial charge in [-0.15, -0.1) is 5.10 Å². The molecule has 0 radical (unpaired) electrons. The quantitative estimate of drug-likeness (QED) is 0.634. The van der Waals surface area contributed by atoms with E-state index in [-0.39, 0.29) is 22.8 Å². The molecule has 2 heterocycles. The number of nitrogens with two attached hydrogens (primary N) is 1. The Bertz CT molecular complexity index is 1140. The average molecular weight is 401 g/mol. The van der Waals surface area contributed by atoms with Crippen molar-refractivity contribution in [2.45, 2.75) is 30.2 Å². The van der Waals surface area contributed by atoms with Gasteiger partial charge in [-0.1, -0.05) is 5.21 Å². The topological polar surface area (TPSA) is 146 Å². The lowest BCUT2D eigenvalue weighted by Crippen LogP contribution is -2.23. The van der Waals surface area contributed by atoms with E-state index in [1.807, 2.05) is 0 Å². The zero-order valence-corrected chi connectivity index (χ0v) is 15.9. The fourth-order valence-corrected chi connectivity index (χ4v) is 3.99. The van der Waals surface area contributed by atoms with Crippen LogP contribution in [0.2, 0.25) is 0 Å². The SMILES string of the molecule is CS(=O)(=O)c1ccc(-n2nnc3cnc(N[C@@H]4CC[C@@H](C(N)=O)C4)nc32)cc1. The van der Waals surface area contributed by atoms with E-state index in [9.17, 15) is 13.2 Å². The van der Waals surface area contributed by atoms with Crippen LogP contribution in [-0.2, 0) is 14.6 Å². The number of primary amides is 1. The van der Waals surface area contributed by atoms with Crippen molar-refractivity contribution >= 4 is 32.9 Å². The zero-order chi connectivity index (χ0) is 19.9. The Morgan fingerprint density at radius 2 is 2.00 bits per heavy atom. The molecule has 0 aliphatic heterocycles. The Balaban J connectivity index is 1.61. The minimum atomic E-state index is -3.28. The number of carbonyl (C=O) groups excluding carboxylic acids is 1. The van der Waals surface area contributed by atoms with Crippen LogP contribution in [0.1, 0.15) is 19.3 Å². The molecule has 3 N–H and O–H groups in total. The summed E-state index contributed by atoms with van der Waals surface area (Å²) in [6.07, 6.45) is 4.95. The molecule has 1 saturated carbocycles. The molecule has 3 aromatic rings. The van der Waals surface area contributed by atoms with Gasteiger partial charge in [-0.2, -0.15) is 9.67 Å². The Morgan fingerprint density at radius 3 is 2.64 bits per heavy atom. The number of hydrogen-bond acceptors (Lipinski definition) is 8. The molecule has 146 valence electrons. The van der Waals surface area contributed by atoms with E-state index in [1.54, 1.807) is 18.3 Å². The lowest BCUT2D eigenvalue weighted by atomic mass is 10.1. The maximum atomic E-state index is 11.6. The minimum Gasteiger partial charge on any atom is -0.369 e. The molecule has 1 aromatic carbocycles. The maximum absolute atomic E-state index is 11.6. The number of benzene rings is 1. The number of hydrogen-bond donors (Lipinski definition) is 2. The summed E-state index contributed by atoms with van der Waals surface area (Å²) < 4.78 is 24.8. The molecule has 11 heteroatoms. The second kappa shape index (κ2) is 6.82. The van der Waals surface area contributed by atoms with Gasteiger partial charge in [0.25, 0.3) is 0 Å². The van der Waals surface area contributed by atoms with Crippen molar-refractivity contribution < 1.29 is 13.2 Å². The highest BCUT2D eigenvalue weighted by Crippen LogP contribution is 2.27. The molecular formula is C17H19N7O3S. The van der Waals surface area contributed by atoms with Crippen molar-refractivity contribution in [2.24, 2.45) is 11.7 Å². The van der Waals surface area contributed by atoms with Crippen LogP contribution < -0.4 is 11.1 Å². The molecule has 0 spiro atoms. The van der Waals surface area contributed by atoms with E-state index in [4.69, 9.17) is 5.73 Å². The van der Waals surface area contributed by atoms with Gasteiger partial charge in [0.15, 0.2) is 21.0 Å². The van der Waals surface area contributed by atoms with E-state index in [2.05, 4.69) is 25.6 Å². The van der Waals surface area contributed by atoms with E-state index in [0.29, 0.717) is 29.2 Å². The Morgan fingerprint density at radius 1 is 1.25 bits per heavy atom. The van der Waals surface area contributed by atoms with Crippen molar-refractivity contribution in [3.63, 3.8) is 0 Å². The molecule has 28 heavy (non-hydrogen) atoms. The fraction of sp³-hybridized carbons (Fsp3) is 0.353. The number of aromatic nitrogens is 5. The summed E-state index contributed by atoms with van der Waals surface area (Å²) in [6.45, 7) is 0. The lowest BCUT2D eigenvalue weighted by Gasteiger charge is -2.12. The predicted molar refractivity (Wildman–Crippen MR) is 102 cm³/mol. The number of amides is 1.